The van der Waals surface area contributed by atoms with Crippen LogP contribution in [0.2, 0.25) is 0 Å². The lowest BCUT2D eigenvalue weighted by Crippen LogP contribution is -2.41. The molecular formula is C24H26N2O3S. The molecule has 3 aromatic rings. The number of nitrogens with one attached hydrogen (secondary N) is 1. The highest BCUT2D eigenvalue weighted by molar-refractivity contribution is 7.10. The molecule has 6 heteroatoms. The van der Waals surface area contributed by atoms with Crippen LogP contribution in [-0.4, -0.2) is 38.2 Å². The van der Waals surface area contributed by atoms with Gasteiger partial charge in [-0.3, -0.25) is 4.79 Å². The molecule has 0 saturated carbocycles. The average molecular weight is 423 g/mol. The van der Waals surface area contributed by atoms with E-state index in [2.05, 4.69) is 53.2 Å². The monoisotopic (exact) mass is 422 g/mol. The summed E-state index contributed by atoms with van der Waals surface area (Å²) in [6, 6.07) is 18.5. The van der Waals surface area contributed by atoms with E-state index in [1.165, 1.54) is 16.0 Å². The number of ether oxygens (including phenoxy) is 2. The molecule has 0 saturated heterocycles. The Kier molecular flexibility index (Phi) is 6.35. The van der Waals surface area contributed by atoms with Gasteiger partial charge in [-0.05, 0) is 58.8 Å². The summed E-state index contributed by atoms with van der Waals surface area (Å²) in [5.74, 6) is 0.886. The van der Waals surface area contributed by atoms with E-state index >= 15 is 0 Å². The van der Waals surface area contributed by atoms with E-state index in [1.807, 2.05) is 17.0 Å². The zero-order valence-corrected chi connectivity index (χ0v) is 18.1. The number of carbonyl (C=O) groups excluding carboxylic acids is 1. The van der Waals surface area contributed by atoms with Crippen molar-refractivity contribution < 1.29 is 14.3 Å². The first-order valence-corrected chi connectivity index (χ1v) is 10.9. The van der Waals surface area contributed by atoms with Gasteiger partial charge in [-0.25, -0.2) is 0 Å². The van der Waals surface area contributed by atoms with Gasteiger partial charge in [0.1, 0.15) is 12.4 Å². The Morgan fingerprint density at radius 1 is 1.10 bits per heavy atom. The highest BCUT2D eigenvalue weighted by atomic mass is 32.1. The van der Waals surface area contributed by atoms with Crippen LogP contribution in [0.1, 0.15) is 27.6 Å². The zero-order chi connectivity index (χ0) is 20.9. The molecule has 0 spiro atoms. The van der Waals surface area contributed by atoms with Crippen molar-refractivity contribution in [1.29, 1.82) is 0 Å². The smallest absolute Gasteiger partial charge is 0.249 e. The maximum atomic E-state index is 12.7. The van der Waals surface area contributed by atoms with Gasteiger partial charge in [-0.15, -0.1) is 11.3 Å². The van der Waals surface area contributed by atoms with Gasteiger partial charge in [-0.1, -0.05) is 24.3 Å². The first-order chi connectivity index (χ1) is 14.7. The van der Waals surface area contributed by atoms with E-state index in [9.17, 15) is 4.79 Å². The minimum absolute atomic E-state index is 0.0288. The standard InChI is InChI=1S/C24H26N2O3S/c1-28-16-23(27)26-13-11-22-21(12-14-30-22)24(26)18-5-7-19(8-6-18)25-15-17-3-9-20(29-2)10-4-17/h3-10,12,14,24-25H,11,13,15-16H2,1-2H3/t24-/m1/s1. The van der Waals surface area contributed by atoms with Gasteiger partial charge < -0.3 is 19.7 Å². The van der Waals surface area contributed by atoms with E-state index in [4.69, 9.17) is 9.47 Å². The number of amides is 1. The molecule has 1 aliphatic heterocycles. The Labute approximate surface area is 181 Å². The fourth-order valence-corrected chi connectivity index (χ4v) is 4.79. The molecule has 0 aliphatic carbocycles. The van der Waals surface area contributed by atoms with Crippen molar-refractivity contribution in [3.63, 3.8) is 0 Å². The summed E-state index contributed by atoms with van der Waals surface area (Å²) < 4.78 is 10.3. The molecule has 156 valence electrons. The maximum absolute atomic E-state index is 12.7. The number of fused-ring (bicyclic) bond motifs is 1. The predicted molar refractivity (Wildman–Crippen MR) is 120 cm³/mol. The molecule has 30 heavy (non-hydrogen) atoms. The molecule has 5 nitrogen and oxygen atoms in total. The number of nitrogens with zero attached hydrogens (tertiary/aromatic N) is 1. The fraction of sp³-hybridized carbons (Fsp3) is 0.292. The van der Waals surface area contributed by atoms with Crippen molar-refractivity contribution in [2.24, 2.45) is 0 Å². The molecule has 0 fully saturated rings. The summed E-state index contributed by atoms with van der Waals surface area (Å²) >= 11 is 1.77. The number of benzene rings is 2. The van der Waals surface area contributed by atoms with Crippen LogP contribution in [0.4, 0.5) is 5.69 Å². The van der Waals surface area contributed by atoms with E-state index in [-0.39, 0.29) is 18.6 Å². The van der Waals surface area contributed by atoms with E-state index in [0.29, 0.717) is 0 Å². The summed E-state index contributed by atoms with van der Waals surface area (Å²) in [5, 5.41) is 5.58. The Morgan fingerprint density at radius 3 is 2.57 bits per heavy atom. The van der Waals surface area contributed by atoms with Crippen LogP contribution >= 0.6 is 11.3 Å². The largest absolute Gasteiger partial charge is 0.497 e. The first-order valence-electron chi connectivity index (χ1n) is 10.0. The normalized spacial score (nSPS) is 15.5. The van der Waals surface area contributed by atoms with Gasteiger partial charge in [0.15, 0.2) is 0 Å². The molecular weight excluding hydrogens is 396 g/mol. The maximum Gasteiger partial charge on any atom is 0.249 e. The molecule has 1 atom stereocenters. The van der Waals surface area contributed by atoms with Crippen LogP contribution in [0.25, 0.3) is 0 Å². The average Bonchev–Trinajstić information content (AvgIpc) is 3.27. The SMILES string of the molecule is COCC(=O)N1CCc2sccc2[C@H]1c1ccc(NCc2ccc(OC)cc2)cc1. The molecule has 0 radical (unpaired) electrons. The van der Waals surface area contributed by atoms with E-state index < -0.39 is 0 Å². The van der Waals surface area contributed by atoms with Crippen LogP contribution in [0.15, 0.2) is 60.0 Å². The molecule has 1 N–H and O–H groups in total. The number of rotatable bonds is 7. The van der Waals surface area contributed by atoms with Gasteiger partial charge in [0.25, 0.3) is 0 Å². The molecule has 2 aromatic carbocycles. The third-order valence-electron chi connectivity index (χ3n) is 5.44. The van der Waals surface area contributed by atoms with Crippen LogP contribution < -0.4 is 10.1 Å². The Hall–Kier alpha value is -2.83. The Bertz CT molecular complexity index is 982. The summed E-state index contributed by atoms with van der Waals surface area (Å²) in [6.45, 7) is 1.56. The van der Waals surface area contributed by atoms with Gasteiger partial charge in [0.05, 0.1) is 13.2 Å². The first kappa shape index (κ1) is 20.4. The lowest BCUT2D eigenvalue weighted by Gasteiger charge is -2.36. The molecule has 2 heterocycles. The van der Waals surface area contributed by atoms with Crippen molar-refractivity contribution in [3.8, 4) is 5.75 Å². The summed E-state index contributed by atoms with van der Waals surface area (Å²) in [6.07, 6.45) is 0.903. The number of methoxy groups -OCH3 is 2. The minimum Gasteiger partial charge on any atom is -0.497 e. The van der Waals surface area contributed by atoms with Crippen molar-refractivity contribution in [2.45, 2.75) is 19.0 Å². The number of carbonyl (C=O) groups is 1. The summed E-state index contributed by atoms with van der Waals surface area (Å²) in [7, 11) is 3.24. The highest BCUT2D eigenvalue weighted by Gasteiger charge is 2.32. The fourth-order valence-electron chi connectivity index (χ4n) is 3.88. The van der Waals surface area contributed by atoms with Crippen molar-refractivity contribution in [1.82, 2.24) is 4.90 Å². The number of thiophene rings is 1. The summed E-state index contributed by atoms with van der Waals surface area (Å²) in [4.78, 5) is 16.0. The second-order valence-corrected chi connectivity index (χ2v) is 8.30. The molecule has 1 amide bonds. The second-order valence-electron chi connectivity index (χ2n) is 7.30. The second kappa shape index (κ2) is 9.32. The number of hydrogen-bond donors (Lipinski definition) is 1. The third-order valence-corrected chi connectivity index (χ3v) is 6.43. The molecule has 0 bridgehead atoms. The predicted octanol–water partition coefficient (Wildman–Crippen LogP) is 4.49. The van der Waals surface area contributed by atoms with Crippen LogP contribution in [0, 0.1) is 0 Å². The van der Waals surface area contributed by atoms with E-state index in [1.54, 1.807) is 25.6 Å². The van der Waals surface area contributed by atoms with Crippen LogP contribution in [0.5, 0.6) is 5.75 Å². The molecule has 4 rings (SSSR count). The molecule has 0 unspecified atom stereocenters. The van der Waals surface area contributed by atoms with Gasteiger partial charge in [0.2, 0.25) is 5.91 Å². The van der Waals surface area contributed by atoms with Crippen LogP contribution in [0.3, 0.4) is 0 Å². The van der Waals surface area contributed by atoms with Crippen molar-refractivity contribution in [2.75, 3.05) is 32.7 Å². The zero-order valence-electron chi connectivity index (χ0n) is 17.3. The lowest BCUT2D eigenvalue weighted by atomic mass is 9.93. The lowest BCUT2D eigenvalue weighted by molar-refractivity contribution is -0.137. The van der Waals surface area contributed by atoms with Crippen molar-refractivity contribution >= 4 is 22.9 Å². The van der Waals surface area contributed by atoms with Crippen LogP contribution in [-0.2, 0) is 22.5 Å². The van der Waals surface area contributed by atoms with E-state index in [0.717, 1.165) is 36.5 Å². The Morgan fingerprint density at radius 2 is 1.87 bits per heavy atom. The number of anilines is 1. The summed E-state index contributed by atoms with van der Waals surface area (Å²) in [5.41, 5.74) is 4.58. The van der Waals surface area contributed by atoms with Gasteiger partial charge in [-0.2, -0.15) is 0 Å². The third kappa shape index (κ3) is 4.35. The highest BCUT2D eigenvalue weighted by Crippen LogP contribution is 2.38. The molecule has 1 aromatic heterocycles. The topological polar surface area (TPSA) is 50.8 Å². The van der Waals surface area contributed by atoms with Crippen molar-refractivity contribution in [3.05, 3.63) is 81.5 Å². The minimum atomic E-state index is -0.0571. The Balaban J connectivity index is 1.50. The molecule has 1 aliphatic rings. The van der Waals surface area contributed by atoms with Gasteiger partial charge >= 0.3 is 0 Å². The quantitative estimate of drug-likeness (QED) is 0.610. The van der Waals surface area contributed by atoms with Gasteiger partial charge in [0, 0.05) is 30.8 Å². The number of hydrogen-bond acceptors (Lipinski definition) is 5.